The van der Waals surface area contributed by atoms with Crippen LogP contribution in [0.15, 0.2) is 35.1 Å². The number of aryl methyl sites for hydroxylation is 1. The number of aromatic nitrogens is 2. The maximum absolute atomic E-state index is 12.2. The molecule has 0 amide bonds. The fraction of sp³-hybridized carbons (Fsp3) is 0.308. The third-order valence-electron chi connectivity index (χ3n) is 2.59. The first-order chi connectivity index (χ1) is 9.89. The van der Waals surface area contributed by atoms with Gasteiger partial charge in [0.25, 0.3) is 0 Å². The molecule has 0 bridgehead atoms. The Kier molecular flexibility index (Phi) is 4.76. The van der Waals surface area contributed by atoms with Crippen LogP contribution >= 0.6 is 15.9 Å². The first-order valence-electron chi connectivity index (χ1n) is 6.22. The quantitative estimate of drug-likeness (QED) is 0.836. The SMILES string of the molecule is CCCn1ccnc1Nc1ccc(OC(F)(F)F)c(Br)c1. The Morgan fingerprint density at radius 3 is 2.76 bits per heavy atom. The highest BCUT2D eigenvalue weighted by molar-refractivity contribution is 9.10. The number of benzene rings is 1. The van der Waals surface area contributed by atoms with Gasteiger partial charge in [0.1, 0.15) is 5.75 Å². The highest BCUT2D eigenvalue weighted by atomic mass is 79.9. The minimum absolute atomic E-state index is 0.207. The maximum Gasteiger partial charge on any atom is 0.573 e. The summed E-state index contributed by atoms with van der Waals surface area (Å²) in [5.74, 6) is 0.346. The standard InChI is InChI=1S/C13H13BrF3N3O/c1-2-6-20-7-5-18-12(20)19-9-3-4-11(10(14)8-9)21-13(15,16)17/h3-5,7-8H,2,6H2,1H3,(H,18,19). The lowest BCUT2D eigenvalue weighted by Gasteiger charge is -2.13. The van der Waals surface area contributed by atoms with E-state index in [2.05, 4.69) is 31.0 Å². The predicted octanol–water partition coefficient (Wildman–Crippen LogP) is 4.70. The molecule has 1 aromatic heterocycles. The van der Waals surface area contributed by atoms with Gasteiger partial charge in [-0.05, 0) is 40.5 Å². The van der Waals surface area contributed by atoms with E-state index >= 15 is 0 Å². The Labute approximate surface area is 128 Å². The van der Waals surface area contributed by atoms with Crippen LogP contribution in [0.4, 0.5) is 24.8 Å². The summed E-state index contributed by atoms with van der Waals surface area (Å²) in [7, 11) is 0. The molecular formula is C13H13BrF3N3O. The summed E-state index contributed by atoms with van der Waals surface area (Å²) in [6.45, 7) is 2.85. The molecule has 4 nitrogen and oxygen atoms in total. The molecule has 0 aliphatic rings. The summed E-state index contributed by atoms with van der Waals surface area (Å²) in [5.41, 5.74) is 0.611. The summed E-state index contributed by atoms with van der Waals surface area (Å²) < 4.78 is 42.6. The van der Waals surface area contributed by atoms with Gasteiger partial charge in [-0.1, -0.05) is 6.92 Å². The summed E-state index contributed by atoms with van der Waals surface area (Å²) in [6, 6.07) is 4.25. The number of imidazole rings is 1. The molecular weight excluding hydrogens is 351 g/mol. The zero-order valence-corrected chi connectivity index (χ0v) is 12.7. The van der Waals surface area contributed by atoms with E-state index in [0.29, 0.717) is 11.6 Å². The van der Waals surface area contributed by atoms with Crippen molar-refractivity contribution in [1.82, 2.24) is 9.55 Å². The maximum atomic E-state index is 12.2. The van der Waals surface area contributed by atoms with Crippen molar-refractivity contribution in [3.63, 3.8) is 0 Å². The number of hydrogen-bond acceptors (Lipinski definition) is 3. The third kappa shape index (κ3) is 4.38. The summed E-state index contributed by atoms with van der Waals surface area (Å²) in [6.07, 6.45) is -0.266. The van der Waals surface area contributed by atoms with Gasteiger partial charge in [0.2, 0.25) is 5.95 Å². The summed E-state index contributed by atoms with van der Waals surface area (Å²) in [5, 5.41) is 3.05. The van der Waals surface area contributed by atoms with Crippen molar-refractivity contribution in [1.29, 1.82) is 0 Å². The highest BCUT2D eigenvalue weighted by Gasteiger charge is 2.31. The lowest BCUT2D eigenvalue weighted by Crippen LogP contribution is -2.17. The molecule has 0 aliphatic heterocycles. The summed E-state index contributed by atoms with van der Waals surface area (Å²) >= 11 is 3.06. The molecule has 0 radical (unpaired) electrons. The van der Waals surface area contributed by atoms with Crippen molar-refractivity contribution in [3.05, 3.63) is 35.1 Å². The average Bonchev–Trinajstić information content (AvgIpc) is 2.79. The smallest absolute Gasteiger partial charge is 0.405 e. The van der Waals surface area contributed by atoms with Crippen LogP contribution in [0.1, 0.15) is 13.3 Å². The number of halogens is 4. The monoisotopic (exact) mass is 363 g/mol. The largest absolute Gasteiger partial charge is 0.573 e. The number of hydrogen-bond donors (Lipinski definition) is 1. The van der Waals surface area contributed by atoms with Gasteiger partial charge in [0, 0.05) is 24.6 Å². The van der Waals surface area contributed by atoms with Gasteiger partial charge in [-0.25, -0.2) is 4.98 Å². The predicted molar refractivity (Wildman–Crippen MR) is 76.6 cm³/mol. The Hall–Kier alpha value is -1.70. The first kappa shape index (κ1) is 15.7. The molecule has 8 heteroatoms. The minimum Gasteiger partial charge on any atom is -0.405 e. The minimum atomic E-state index is -4.71. The van der Waals surface area contributed by atoms with Gasteiger partial charge in [0.15, 0.2) is 0 Å². The van der Waals surface area contributed by atoms with Crippen molar-refractivity contribution in [2.24, 2.45) is 0 Å². The topological polar surface area (TPSA) is 39.1 Å². The molecule has 0 fully saturated rings. The number of alkyl halides is 3. The lowest BCUT2D eigenvalue weighted by molar-refractivity contribution is -0.274. The van der Waals surface area contributed by atoms with E-state index in [4.69, 9.17) is 0 Å². The van der Waals surface area contributed by atoms with Crippen molar-refractivity contribution in [3.8, 4) is 5.75 Å². The molecule has 2 rings (SSSR count). The van der Waals surface area contributed by atoms with Crippen molar-refractivity contribution in [2.75, 3.05) is 5.32 Å². The van der Waals surface area contributed by atoms with E-state index < -0.39 is 6.36 Å². The molecule has 0 saturated heterocycles. The molecule has 1 aromatic carbocycles. The van der Waals surface area contributed by atoms with E-state index in [1.54, 1.807) is 6.20 Å². The molecule has 0 unspecified atom stereocenters. The van der Waals surface area contributed by atoms with E-state index in [0.717, 1.165) is 13.0 Å². The Morgan fingerprint density at radius 1 is 1.38 bits per heavy atom. The number of anilines is 2. The van der Waals surface area contributed by atoms with Crippen molar-refractivity contribution < 1.29 is 17.9 Å². The van der Waals surface area contributed by atoms with Crippen molar-refractivity contribution in [2.45, 2.75) is 26.3 Å². The fourth-order valence-electron chi connectivity index (χ4n) is 1.77. The van der Waals surface area contributed by atoms with E-state index in [1.165, 1.54) is 18.2 Å². The van der Waals surface area contributed by atoms with Crippen LogP contribution < -0.4 is 10.1 Å². The molecule has 0 spiro atoms. The van der Waals surface area contributed by atoms with Crippen LogP contribution in [0.5, 0.6) is 5.75 Å². The third-order valence-corrected chi connectivity index (χ3v) is 3.21. The van der Waals surface area contributed by atoms with Gasteiger partial charge in [0.05, 0.1) is 4.47 Å². The van der Waals surface area contributed by atoms with Gasteiger partial charge in [-0.2, -0.15) is 0 Å². The molecule has 21 heavy (non-hydrogen) atoms. The summed E-state index contributed by atoms with van der Waals surface area (Å²) in [4.78, 5) is 4.17. The molecule has 0 atom stereocenters. The van der Waals surface area contributed by atoms with Gasteiger partial charge in [-0.15, -0.1) is 13.2 Å². The first-order valence-corrected chi connectivity index (χ1v) is 7.02. The number of ether oxygens (including phenoxy) is 1. The molecule has 1 heterocycles. The lowest BCUT2D eigenvalue weighted by atomic mass is 10.3. The van der Waals surface area contributed by atoms with E-state index in [1.807, 2.05) is 17.7 Å². The number of nitrogens with one attached hydrogen (secondary N) is 1. The second-order valence-corrected chi connectivity index (χ2v) is 5.12. The van der Waals surface area contributed by atoms with Gasteiger partial charge < -0.3 is 14.6 Å². The zero-order chi connectivity index (χ0) is 15.5. The molecule has 1 N–H and O–H groups in total. The van der Waals surface area contributed by atoms with E-state index in [9.17, 15) is 13.2 Å². The number of nitrogens with zero attached hydrogens (tertiary/aromatic N) is 2. The van der Waals surface area contributed by atoms with Crippen LogP contribution in [-0.4, -0.2) is 15.9 Å². The van der Waals surface area contributed by atoms with Crippen molar-refractivity contribution >= 4 is 27.6 Å². The molecule has 0 saturated carbocycles. The van der Waals surface area contributed by atoms with Crippen LogP contribution in [0.3, 0.4) is 0 Å². The molecule has 2 aromatic rings. The van der Waals surface area contributed by atoms with Gasteiger partial charge >= 0.3 is 6.36 Å². The van der Waals surface area contributed by atoms with Gasteiger partial charge in [-0.3, -0.25) is 0 Å². The average molecular weight is 364 g/mol. The molecule has 0 aliphatic carbocycles. The number of rotatable bonds is 5. The Morgan fingerprint density at radius 2 is 2.14 bits per heavy atom. The van der Waals surface area contributed by atoms with Crippen LogP contribution in [0.25, 0.3) is 0 Å². The highest BCUT2D eigenvalue weighted by Crippen LogP contribution is 2.33. The molecule has 114 valence electrons. The van der Waals surface area contributed by atoms with Crippen LogP contribution in [-0.2, 0) is 6.54 Å². The van der Waals surface area contributed by atoms with Crippen LogP contribution in [0.2, 0.25) is 0 Å². The second kappa shape index (κ2) is 6.38. The Balaban J connectivity index is 2.15. The zero-order valence-electron chi connectivity index (χ0n) is 11.1. The second-order valence-electron chi connectivity index (χ2n) is 4.26. The normalized spacial score (nSPS) is 11.5. The van der Waals surface area contributed by atoms with Crippen LogP contribution in [0, 0.1) is 0 Å². The Bertz CT molecular complexity index is 613. The van der Waals surface area contributed by atoms with E-state index in [-0.39, 0.29) is 10.2 Å². The fourth-order valence-corrected chi connectivity index (χ4v) is 2.23.